The van der Waals surface area contributed by atoms with E-state index in [1.54, 1.807) is 0 Å². The number of rotatable bonds is 5. The van der Waals surface area contributed by atoms with Crippen LogP contribution >= 0.6 is 0 Å². The molecule has 4 rings (SSSR count). The fourth-order valence-corrected chi connectivity index (χ4v) is 2.89. The predicted molar refractivity (Wildman–Crippen MR) is 92.5 cm³/mol. The molecule has 0 amide bonds. The molecule has 24 heavy (non-hydrogen) atoms. The van der Waals surface area contributed by atoms with Crippen LogP contribution in [0.15, 0.2) is 65.3 Å². The molecule has 5 nitrogen and oxygen atoms in total. The van der Waals surface area contributed by atoms with E-state index in [2.05, 4.69) is 27.3 Å². The molecule has 0 radical (unpaired) electrons. The molecule has 0 saturated heterocycles. The number of aromatic nitrogens is 3. The summed E-state index contributed by atoms with van der Waals surface area (Å²) in [5, 5.41) is 5.23. The molecule has 0 spiro atoms. The lowest BCUT2D eigenvalue weighted by Crippen LogP contribution is -2.13. The number of hydrogen-bond donors (Lipinski definition) is 2. The second-order valence-corrected chi connectivity index (χ2v) is 5.88. The van der Waals surface area contributed by atoms with Crippen LogP contribution in [0.2, 0.25) is 0 Å². The third-order valence-corrected chi connectivity index (χ3v) is 4.12. The standard InChI is InChI=1S/C19H18N4O/c20-16(11-14-12-21-17-9-5-4-8-15(14)17)19-22-18(23-24-19)10-13-6-2-1-3-7-13/h1-9,12,16,21H,10-11,20H2/t16-/m0/s1. The van der Waals surface area contributed by atoms with Crippen LogP contribution in [-0.2, 0) is 12.8 Å². The molecule has 0 unspecified atom stereocenters. The summed E-state index contributed by atoms with van der Waals surface area (Å²) >= 11 is 0. The Balaban J connectivity index is 1.50. The van der Waals surface area contributed by atoms with Crippen LogP contribution in [0, 0.1) is 0 Å². The molecule has 1 atom stereocenters. The van der Waals surface area contributed by atoms with Crippen molar-refractivity contribution >= 4 is 10.9 Å². The Labute approximate surface area is 139 Å². The average Bonchev–Trinajstić information content (AvgIpc) is 3.24. The smallest absolute Gasteiger partial charge is 0.243 e. The molecule has 0 aliphatic heterocycles. The van der Waals surface area contributed by atoms with Crippen LogP contribution < -0.4 is 5.73 Å². The fraction of sp³-hybridized carbons (Fsp3) is 0.158. The van der Waals surface area contributed by atoms with Crippen LogP contribution in [0.25, 0.3) is 10.9 Å². The summed E-state index contributed by atoms with van der Waals surface area (Å²) in [6.07, 6.45) is 3.28. The van der Waals surface area contributed by atoms with Gasteiger partial charge in [0.2, 0.25) is 5.89 Å². The monoisotopic (exact) mass is 318 g/mol. The Morgan fingerprint density at radius 3 is 2.71 bits per heavy atom. The third kappa shape index (κ3) is 2.94. The first-order valence-corrected chi connectivity index (χ1v) is 7.96. The van der Waals surface area contributed by atoms with E-state index in [-0.39, 0.29) is 6.04 Å². The van der Waals surface area contributed by atoms with E-state index >= 15 is 0 Å². The van der Waals surface area contributed by atoms with Crippen molar-refractivity contribution in [1.82, 2.24) is 15.1 Å². The maximum atomic E-state index is 6.27. The largest absolute Gasteiger partial charge is 0.361 e. The highest BCUT2D eigenvalue weighted by Crippen LogP contribution is 2.22. The molecule has 0 saturated carbocycles. The van der Waals surface area contributed by atoms with Gasteiger partial charge in [-0.3, -0.25) is 0 Å². The second-order valence-electron chi connectivity index (χ2n) is 5.88. The average molecular weight is 318 g/mol. The molecule has 3 N–H and O–H groups in total. The van der Waals surface area contributed by atoms with E-state index in [1.807, 2.05) is 48.7 Å². The summed E-state index contributed by atoms with van der Waals surface area (Å²) in [7, 11) is 0. The summed E-state index contributed by atoms with van der Waals surface area (Å²) in [6, 6.07) is 17.9. The first-order valence-electron chi connectivity index (χ1n) is 7.96. The van der Waals surface area contributed by atoms with Crippen molar-refractivity contribution in [1.29, 1.82) is 0 Å². The summed E-state index contributed by atoms with van der Waals surface area (Å²) in [5.74, 6) is 1.14. The van der Waals surface area contributed by atoms with Crippen LogP contribution in [0.1, 0.15) is 28.9 Å². The van der Waals surface area contributed by atoms with Gasteiger partial charge in [-0.1, -0.05) is 53.7 Å². The molecule has 2 heterocycles. The third-order valence-electron chi connectivity index (χ3n) is 4.12. The van der Waals surface area contributed by atoms with Crippen LogP contribution in [0.4, 0.5) is 0 Å². The Hall–Kier alpha value is -2.92. The highest BCUT2D eigenvalue weighted by atomic mass is 16.5. The summed E-state index contributed by atoms with van der Waals surface area (Å²) in [5.41, 5.74) is 9.68. The normalized spacial score (nSPS) is 12.5. The molecular formula is C19H18N4O. The van der Waals surface area contributed by atoms with Gasteiger partial charge in [0, 0.05) is 23.5 Å². The molecule has 0 fully saturated rings. The number of benzene rings is 2. The molecule has 120 valence electrons. The van der Waals surface area contributed by atoms with Gasteiger partial charge in [0.05, 0.1) is 6.04 Å². The van der Waals surface area contributed by atoms with Crippen LogP contribution in [0.5, 0.6) is 0 Å². The van der Waals surface area contributed by atoms with Gasteiger partial charge >= 0.3 is 0 Å². The van der Waals surface area contributed by atoms with Gasteiger partial charge in [-0.25, -0.2) is 0 Å². The zero-order valence-corrected chi connectivity index (χ0v) is 13.1. The van der Waals surface area contributed by atoms with Crippen molar-refractivity contribution in [3.8, 4) is 0 Å². The van der Waals surface area contributed by atoms with Gasteiger partial charge in [0.25, 0.3) is 0 Å². The fourth-order valence-electron chi connectivity index (χ4n) is 2.89. The lowest BCUT2D eigenvalue weighted by atomic mass is 10.1. The number of hydrogen-bond acceptors (Lipinski definition) is 4. The quantitative estimate of drug-likeness (QED) is 0.591. The zero-order valence-electron chi connectivity index (χ0n) is 13.1. The van der Waals surface area contributed by atoms with Gasteiger partial charge in [-0.2, -0.15) is 4.98 Å². The number of nitrogens with two attached hydrogens (primary N) is 1. The molecule has 4 aromatic rings. The Bertz CT molecular complexity index is 942. The minimum atomic E-state index is -0.318. The van der Waals surface area contributed by atoms with E-state index < -0.39 is 0 Å². The number of aromatic amines is 1. The van der Waals surface area contributed by atoms with E-state index in [0.29, 0.717) is 24.6 Å². The maximum absolute atomic E-state index is 6.27. The summed E-state index contributed by atoms with van der Waals surface area (Å²) < 4.78 is 5.36. The highest BCUT2D eigenvalue weighted by molar-refractivity contribution is 5.83. The molecule has 5 heteroatoms. The number of para-hydroxylation sites is 1. The molecular weight excluding hydrogens is 300 g/mol. The van der Waals surface area contributed by atoms with Gasteiger partial charge in [0.1, 0.15) is 0 Å². The van der Waals surface area contributed by atoms with Crippen molar-refractivity contribution in [3.05, 3.63) is 83.6 Å². The number of nitrogens with one attached hydrogen (secondary N) is 1. The second kappa shape index (κ2) is 6.29. The molecule has 2 aromatic heterocycles. The van der Waals surface area contributed by atoms with E-state index in [1.165, 1.54) is 5.39 Å². The van der Waals surface area contributed by atoms with E-state index in [9.17, 15) is 0 Å². The van der Waals surface area contributed by atoms with E-state index in [0.717, 1.165) is 16.6 Å². The lowest BCUT2D eigenvalue weighted by molar-refractivity contribution is 0.351. The van der Waals surface area contributed by atoms with Crippen molar-refractivity contribution < 1.29 is 4.52 Å². The number of nitrogens with zero attached hydrogens (tertiary/aromatic N) is 2. The van der Waals surface area contributed by atoms with Gasteiger partial charge in [0.15, 0.2) is 5.82 Å². The topological polar surface area (TPSA) is 80.7 Å². The van der Waals surface area contributed by atoms with Crippen molar-refractivity contribution in [3.63, 3.8) is 0 Å². The minimum absolute atomic E-state index is 0.318. The molecule has 0 aliphatic carbocycles. The zero-order chi connectivity index (χ0) is 16.4. The van der Waals surface area contributed by atoms with E-state index in [4.69, 9.17) is 10.3 Å². The predicted octanol–water partition coefficient (Wildman–Crippen LogP) is 3.38. The SMILES string of the molecule is N[C@@H](Cc1c[nH]c2ccccc12)c1nc(Cc2ccccc2)no1. The van der Waals surface area contributed by atoms with Gasteiger partial charge < -0.3 is 15.2 Å². The number of fused-ring (bicyclic) bond motifs is 1. The Kier molecular flexibility index (Phi) is 3.84. The first-order chi connectivity index (χ1) is 11.8. The highest BCUT2D eigenvalue weighted by Gasteiger charge is 2.17. The van der Waals surface area contributed by atoms with Crippen molar-refractivity contribution in [2.75, 3.05) is 0 Å². The summed E-state index contributed by atoms with van der Waals surface area (Å²) in [6.45, 7) is 0. The number of H-pyrrole nitrogens is 1. The lowest BCUT2D eigenvalue weighted by Gasteiger charge is -2.05. The van der Waals surface area contributed by atoms with Crippen LogP contribution in [0.3, 0.4) is 0 Å². The van der Waals surface area contributed by atoms with Crippen molar-refractivity contribution in [2.24, 2.45) is 5.73 Å². The van der Waals surface area contributed by atoms with Crippen molar-refractivity contribution in [2.45, 2.75) is 18.9 Å². The maximum Gasteiger partial charge on any atom is 0.243 e. The molecule has 0 aliphatic rings. The van der Waals surface area contributed by atoms with Gasteiger partial charge in [-0.05, 0) is 23.6 Å². The van der Waals surface area contributed by atoms with Gasteiger partial charge in [-0.15, -0.1) is 0 Å². The summed E-state index contributed by atoms with van der Waals surface area (Å²) in [4.78, 5) is 7.71. The molecule has 0 bridgehead atoms. The minimum Gasteiger partial charge on any atom is -0.361 e. The Morgan fingerprint density at radius 2 is 1.83 bits per heavy atom. The Morgan fingerprint density at radius 1 is 1.04 bits per heavy atom. The molecule has 2 aromatic carbocycles. The van der Waals surface area contributed by atoms with Crippen LogP contribution in [-0.4, -0.2) is 15.1 Å². The first kappa shape index (κ1) is 14.7.